The summed E-state index contributed by atoms with van der Waals surface area (Å²) in [6.45, 7) is 0.618. The van der Waals surface area contributed by atoms with Crippen molar-refractivity contribution in [3.05, 3.63) is 35.4 Å². The van der Waals surface area contributed by atoms with Crippen LogP contribution in [0, 0.1) is 0 Å². The molecule has 1 aromatic carbocycles. The van der Waals surface area contributed by atoms with Crippen molar-refractivity contribution in [3.63, 3.8) is 0 Å². The van der Waals surface area contributed by atoms with Gasteiger partial charge in [-0.15, -0.1) is 5.06 Å². The molecule has 1 fully saturated rings. The summed E-state index contributed by atoms with van der Waals surface area (Å²) in [5.41, 5.74) is 6.34. The van der Waals surface area contributed by atoms with Crippen LogP contribution in [0.15, 0.2) is 24.3 Å². The molecule has 2 heterocycles. The number of amides is 2. The normalized spacial score (nSPS) is 25.6. The van der Waals surface area contributed by atoms with Crippen LogP contribution in [0.5, 0.6) is 0 Å². The smallest absolute Gasteiger partial charge is 0.286 e. The van der Waals surface area contributed by atoms with E-state index in [0.717, 1.165) is 0 Å². The molecule has 0 radical (unpaired) electrons. The second-order valence-electron chi connectivity index (χ2n) is 4.99. The maximum Gasteiger partial charge on any atom is 0.286 e. The monoisotopic (exact) mass is 325 g/mol. The van der Waals surface area contributed by atoms with E-state index in [0.29, 0.717) is 18.0 Å². The predicted octanol–water partition coefficient (Wildman–Crippen LogP) is 0.139. The molecule has 22 heavy (non-hydrogen) atoms. The molecule has 2 aliphatic rings. The Kier molecular flexibility index (Phi) is 4.49. The van der Waals surface area contributed by atoms with Gasteiger partial charge in [0.05, 0.1) is 29.9 Å². The minimum atomic E-state index is -1.96. The van der Waals surface area contributed by atoms with Crippen molar-refractivity contribution in [1.29, 1.82) is 0 Å². The lowest BCUT2D eigenvalue weighted by Crippen LogP contribution is -2.36. The topological polar surface area (TPSA) is 114 Å². The quantitative estimate of drug-likeness (QED) is 0.521. The van der Waals surface area contributed by atoms with Crippen molar-refractivity contribution >= 4 is 20.3 Å². The molecule has 9 heteroatoms. The fourth-order valence-corrected chi connectivity index (χ4v) is 3.39. The van der Waals surface area contributed by atoms with Gasteiger partial charge >= 0.3 is 0 Å². The molecule has 4 N–H and O–H groups in total. The zero-order valence-corrected chi connectivity index (χ0v) is 12.5. The third-order valence-corrected chi connectivity index (χ3v) is 4.44. The van der Waals surface area contributed by atoms with Gasteiger partial charge in [-0.1, -0.05) is 12.1 Å². The van der Waals surface area contributed by atoms with Gasteiger partial charge in [-0.3, -0.25) is 15.1 Å². The maximum atomic E-state index is 12.1. The highest BCUT2D eigenvalue weighted by molar-refractivity contribution is 7.44. The number of carbonyl (C=O) groups excluding carboxylic acids is 2. The van der Waals surface area contributed by atoms with E-state index in [2.05, 4.69) is 5.32 Å². The number of nitrogens with one attached hydrogen (secondary N) is 1. The van der Waals surface area contributed by atoms with Crippen molar-refractivity contribution < 1.29 is 23.8 Å². The van der Waals surface area contributed by atoms with Crippen molar-refractivity contribution in [3.8, 4) is 0 Å². The van der Waals surface area contributed by atoms with Crippen LogP contribution in [0.1, 0.15) is 27.1 Å². The van der Waals surface area contributed by atoms with E-state index < -0.39 is 20.3 Å². The third-order valence-electron chi connectivity index (χ3n) is 3.64. The number of imide groups is 1. The molecule has 2 unspecified atom stereocenters. The van der Waals surface area contributed by atoms with E-state index in [1.807, 2.05) is 0 Å². The van der Waals surface area contributed by atoms with E-state index in [4.69, 9.17) is 14.7 Å². The number of hydrogen-bond acceptors (Lipinski definition) is 7. The average molecular weight is 325 g/mol. The molecule has 0 spiro atoms. The van der Waals surface area contributed by atoms with Crippen molar-refractivity contribution in [2.45, 2.75) is 18.6 Å². The molecule has 0 bridgehead atoms. The minimum absolute atomic E-state index is 0.0825. The van der Waals surface area contributed by atoms with Gasteiger partial charge in [0, 0.05) is 0 Å². The molecule has 118 valence electrons. The first-order valence-electron chi connectivity index (χ1n) is 6.83. The molecule has 0 aliphatic carbocycles. The first kappa shape index (κ1) is 15.5. The zero-order chi connectivity index (χ0) is 15.7. The number of benzene rings is 1. The summed E-state index contributed by atoms with van der Waals surface area (Å²) >= 11 is 0. The second-order valence-corrected chi connectivity index (χ2v) is 5.94. The lowest BCUT2D eigenvalue weighted by molar-refractivity contribution is -0.0200. The van der Waals surface area contributed by atoms with E-state index in [-0.39, 0.29) is 29.9 Å². The van der Waals surface area contributed by atoms with Gasteiger partial charge in [-0.2, -0.15) is 4.62 Å². The van der Waals surface area contributed by atoms with Gasteiger partial charge in [0.15, 0.2) is 0 Å². The van der Waals surface area contributed by atoms with Gasteiger partial charge in [0.25, 0.3) is 20.3 Å². The first-order chi connectivity index (χ1) is 10.6. The number of rotatable bonds is 5. The van der Waals surface area contributed by atoms with Crippen LogP contribution in [0.2, 0.25) is 0 Å². The summed E-state index contributed by atoms with van der Waals surface area (Å²) in [5.74, 6) is -1.10. The number of hydroxylamine groups is 2. The lowest BCUT2D eigenvalue weighted by Gasteiger charge is -2.23. The maximum absolute atomic E-state index is 12.1. The van der Waals surface area contributed by atoms with Crippen LogP contribution in [-0.4, -0.2) is 47.3 Å². The van der Waals surface area contributed by atoms with Gasteiger partial charge in [-0.05, 0) is 25.1 Å². The number of aliphatic hydroxyl groups excluding tert-OH is 1. The zero-order valence-electron chi connectivity index (χ0n) is 11.6. The first-order valence-corrected chi connectivity index (χ1v) is 8.08. The van der Waals surface area contributed by atoms with Crippen LogP contribution >= 0.6 is 8.53 Å². The van der Waals surface area contributed by atoms with Crippen LogP contribution in [0.3, 0.4) is 0 Å². The van der Waals surface area contributed by atoms with Crippen molar-refractivity contribution in [2.75, 3.05) is 13.2 Å². The summed E-state index contributed by atoms with van der Waals surface area (Å²) in [7, 11) is -1.96. The average Bonchev–Trinajstić information content (AvgIpc) is 3.06. The number of fused-ring (bicyclic) bond motifs is 1. The fraction of sp³-hybridized carbons (Fsp3) is 0.385. The summed E-state index contributed by atoms with van der Waals surface area (Å²) in [4.78, 5) is 24.3. The highest BCUT2D eigenvalue weighted by Gasteiger charge is 2.39. The molecule has 0 aromatic heterocycles. The summed E-state index contributed by atoms with van der Waals surface area (Å²) in [6, 6.07) is 6.23. The second kappa shape index (κ2) is 6.37. The molecular formula is C13H16N3O5P. The van der Waals surface area contributed by atoms with Crippen molar-refractivity contribution in [1.82, 2.24) is 10.4 Å². The molecule has 3 rings (SSSR count). The molecule has 1 aromatic rings. The van der Waals surface area contributed by atoms with E-state index in [9.17, 15) is 14.7 Å². The molecule has 0 saturated carbocycles. The molecule has 1 saturated heterocycles. The Bertz CT molecular complexity index is 564. The van der Waals surface area contributed by atoms with Crippen molar-refractivity contribution in [2.24, 2.45) is 5.50 Å². The van der Waals surface area contributed by atoms with E-state index in [1.54, 1.807) is 24.3 Å². The van der Waals surface area contributed by atoms with Crippen LogP contribution in [-0.2, 0) is 9.15 Å². The largest absolute Gasteiger partial charge is 0.395 e. The third kappa shape index (κ3) is 2.77. The Hall–Kier alpha value is -1.41. The Balaban J connectivity index is 1.64. The lowest BCUT2D eigenvalue weighted by atomic mass is 10.1. The molecule has 2 amide bonds. The summed E-state index contributed by atoms with van der Waals surface area (Å²) in [5, 5.41) is 12.9. The highest BCUT2D eigenvalue weighted by atomic mass is 31.2. The molecule has 2 aliphatic heterocycles. The molecule has 8 nitrogen and oxygen atoms in total. The van der Waals surface area contributed by atoms with Crippen LogP contribution in [0.25, 0.3) is 0 Å². The standard InChI is InChI=1S/C13H16N3O5P/c14-22(20-11-5-6-15-10(11)7-17)21-16-12(18)8-3-1-2-4-9(8)13(16)19/h1-4,10-11,15,17H,5-7,14H2/t10-,11?,22?/m1/s1. The minimum Gasteiger partial charge on any atom is -0.395 e. The van der Waals surface area contributed by atoms with Crippen LogP contribution in [0.4, 0.5) is 0 Å². The van der Waals surface area contributed by atoms with E-state index >= 15 is 0 Å². The van der Waals surface area contributed by atoms with Gasteiger partial charge in [-0.25, -0.2) is 0 Å². The summed E-state index contributed by atoms with van der Waals surface area (Å²) in [6.07, 6.45) is 0.364. The Morgan fingerprint density at radius 3 is 2.55 bits per heavy atom. The van der Waals surface area contributed by atoms with E-state index in [1.165, 1.54) is 0 Å². The number of nitrogens with two attached hydrogens (primary N) is 1. The summed E-state index contributed by atoms with van der Waals surface area (Å²) < 4.78 is 10.7. The fourth-order valence-electron chi connectivity index (χ4n) is 2.53. The number of nitrogens with zero attached hydrogens (tertiary/aromatic N) is 1. The number of carbonyl (C=O) groups is 2. The number of hydrogen-bond donors (Lipinski definition) is 3. The van der Waals surface area contributed by atoms with Gasteiger partial charge < -0.3 is 14.9 Å². The number of aliphatic hydroxyl groups is 1. The van der Waals surface area contributed by atoms with Crippen LogP contribution < -0.4 is 10.8 Å². The Morgan fingerprint density at radius 1 is 1.32 bits per heavy atom. The Labute approximate surface area is 128 Å². The Morgan fingerprint density at radius 2 is 1.95 bits per heavy atom. The SMILES string of the molecule is NP(OC1CCN[C@@H]1CO)ON1C(=O)c2ccccc2C1=O. The predicted molar refractivity (Wildman–Crippen MR) is 77.5 cm³/mol. The molecular weight excluding hydrogens is 309 g/mol. The molecule has 3 atom stereocenters. The van der Waals surface area contributed by atoms with Gasteiger partial charge in [0.1, 0.15) is 0 Å². The van der Waals surface area contributed by atoms with Gasteiger partial charge in [0.2, 0.25) is 0 Å². The highest BCUT2D eigenvalue weighted by Crippen LogP contribution is 2.37.